The molecule has 4 heterocycles. The van der Waals surface area contributed by atoms with Crippen LogP contribution in [0.15, 0.2) is 36.5 Å². The highest BCUT2D eigenvalue weighted by Crippen LogP contribution is 2.40. The second-order valence-electron chi connectivity index (χ2n) is 14.6. The molecule has 0 N–H and O–H groups in total. The van der Waals surface area contributed by atoms with E-state index in [9.17, 15) is 27.2 Å². The Kier molecular flexibility index (Phi) is 9.45. The number of piperazine rings is 1. The average Bonchev–Trinajstić information content (AvgIpc) is 3.52. The Morgan fingerprint density at radius 3 is 2.39 bits per heavy atom. The Bertz CT molecular complexity index is 1430. The maximum atomic E-state index is 14.1. The number of nitrogens with zero attached hydrogens (tertiary/aromatic N) is 5. The number of fused-ring (bicyclic) bond motifs is 1. The maximum absolute atomic E-state index is 14.1. The largest absolute Gasteiger partial charge is 0.444 e. The van der Waals surface area contributed by atoms with Crippen LogP contribution in [0.1, 0.15) is 71.2 Å². The highest BCUT2D eigenvalue weighted by atomic mass is 19.4. The summed E-state index contributed by atoms with van der Waals surface area (Å²) in [7, 11) is 0. The molecule has 1 aromatic carbocycles. The summed E-state index contributed by atoms with van der Waals surface area (Å²) < 4.78 is 60.8. The van der Waals surface area contributed by atoms with Gasteiger partial charge in [0.2, 0.25) is 5.91 Å². The Balaban J connectivity index is 1.38. The molecule has 0 unspecified atom stereocenters. The molecule has 0 aliphatic carbocycles. The van der Waals surface area contributed by atoms with E-state index in [2.05, 4.69) is 0 Å². The molecule has 2 aromatic rings. The molecule has 2 fully saturated rings. The summed E-state index contributed by atoms with van der Waals surface area (Å²) in [6, 6.07) is 5.85. The second-order valence-corrected chi connectivity index (χ2v) is 14.6. The number of amides is 2. The van der Waals surface area contributed by atoms with Crippen molar-refractivity contribution in [1.82, 2.24) is 19.7 Å². The van der Waals surface area contributed by atoms with Gasteiger partial charge < -0.3 is 14.5 Å². The minimum absolute atomic E-state index is 0.0145. The number of aromatic nitrogens is 1. The molecule has 12 heteroatoms. The zero-order valence-corrected chi connectivity index (χ0v) is 27.5. The third kappa shape index (κ3) is 7.65. The van der Waals surface area contributed by atoms with Crippen LogP contribution in [-0.4, -0.2) is 101 Å². The van der Waals surface area contributed by atoms with E-state index in [1.54, 1.807) is 48.9 Å². The van der Waals surface area contributed by atoms with Crippen LogP contribution in [0, 0.1) is 5.82 Å². The zero-order valence-electron chi connectivity index (χ0n) is 27.5. The molecule has 0 spiro atoms. The number of alkyl halides is 3. The molecule has 5 rings (SSSR count). The Morgan fingerprint density at radius 1 is 1.04 bits per heavy atom. The first kappa shape index (κ1) is 34.1. The fourth-order valence-corrected chi connectivity index (χ4v) is 6.93. The van der Waals surface area contributed by atoms with Crippen molar-refractivity contribution in [3.8, 4) is 0 Å². The molecular formula is C34H45F4N5O3. The quantitative estimate of drug-likeness (QED) is 0.371. The summed E-state index contributed by atoms with van der Waals surface area (Å²) in [6.45, 7) is 12.5. The van der Waals surface area contributed by atoms with Crippen LogP contribution in [0.3, 0.4) is 0 Å². The van der Waals surface area contributed by atoms with E-state index >= 15 is 0 Å². The molecule has 3 aliphatic heterocycles. The number of benzene rings is 1. The standard InChI is InChI=1S/C34H45F4N5O3/c1-22-17-41(26(19-42(22)31(45)46-32(2,3)4)18-40-13-7-8-28(40)34(36,37)38)20-29(44)43-21-33(5,6)30-27(43)15-24(16-39-30)14-23-9-11-25(35)12-10-23/h9-12,15-16,22,26,28H,7-8,13-14,17-21H2,1-6H3/t22-,26+,28+/m1/s1. The van der Waals surface area contributed by atoms with E-state index in [0.29, 0.717) is 38.2 Å². The lowest BCUT2D eigenvalue weighted by Gasteiger charge is -2.46. The SMILES string of the molecule is C[C@@H]1CN(CC(=O)N2CC(C)(C)c3ncc(Cc4ccc(F)cc4)cc32)[C@@H](CN2CCC[C@H]2C(F)(F)F)CN1C(=O)OC(C)(C)C. The van der Waals surface area contributed by atoms with Gasteiger partial charge in [0.05, 0.1) is 17.9 Å². The smallest absolute Gasteiger partial charge is 0.410 e. The number of ether oxygens (including phenoxy) is 1. The molecule has 0 radical (unpaired) electrons. The van der Waals surface area contributed by atoms with Crippen molar-refractivity contribution in [1.29, 1.82) is 0 Å². The van der Waals surface area contributed by atoms with Gasteiger partial charge in [0.15, 0.2) is 0 Å². The van der Waals surface area contributed by atoms with Crippen molar-refractivity contribution < 1.29 is 31.9 Å². The van der Waals surface area contributed by atoms with Crippen LogP contribution >= 0.6 is 0 Å². The van der Waals surface area contributed by atoms with Crippen LogP contribution in [0.4, 0.5) is 28.0 Å². The number of halogens is 4. The topological polar surface area (TPSA) is 69.2 Å². The van der Waals surface area contributed by atoms with Crippen molar-refractivity contribution in [2.24, 2.45) is 0 Å². The summed E-state index contributed by atoms with van der Waals surface area (Å²) in [6.07, 6.45) is -2.08. The van der Waals surface area contributed by atoms with E-state index in [1.807, 2.05) is 31.7 Å². The second kappa shape index (κ2) is 12.7. The fourth-order valence-electron chi connectivity index (χ4n) is 6.93. The summed E-state index contributed by atoms with van der Waals surface area (Å²) >= 11 is 0. The first-order valence-electron chi connectivity index (χ1n) is 16.0. The third-order valence-electron chi connectivity index (χ3n) is 9.14. The minimum atomic E-state index is -4.35. The number of carbonyl (C=O) groups is 2. The molecule has 252 valence electrons. The monoisotopic (exact) mass is 647 g/mol. The van der Waals surface area contributed by atoms with Crippen LogP contribution in [0.25, 0.3) is 0 Å². The highest BCUT2D eigenvalue weighted by molar-refractivity contribution is 5.97. The van der Waals surface area contributed by atoms with Gasteiger partial charge in [-0.05, 0) is 82.8 Å². The lowest BCUT2D eigenvalue weighted by atomic mass is 9.91. The number of hydrogen-bond acceptors (Lipinski definition) is 6. The molecule has 3 aliphatic rings. The van der Waals surface area contributed by atoms with Gasteiger partial charge in [-0.2, -0.15) is 13.2 Å². The summed E-state index contributed by atoms with van der Waals surface area (Å²) in [5.74, 6) is -0.489. The van der Waals surface area contributed by atoms with Crippen LogP contribution < -0.4 is 4.90 Å². The molecule has 2 saturated heterocycles. The molecule has 2 amide bonds. The number of rotatable bonds is 6. The zero-order chi connectivity index (χ0) is 33.6. The van der Waals surface area contributed by atoms with E-state index in [4.69, 9.17) is 9.72 Å². The van der Waals surface area contributed by atoms with Gasteiger partial charge in [-0.1, -0.05) is 26.0 Å². The average molecular weight is 648 g/mol. The molecule has 46 heavy (non-hydrogen) atoms. The van der Waals surface area contributed by atoms with Crippen molar-refractivity contribution in [3.05, 3.63) is 59.2 Å². The van der Waals surface area contributed by atoms with Gasteiger partial charge in [0, 0.05) is 49.9 Å². The first-order valence-corrected chi connectivity index (χ1v) is 16.0. The normalized spacial score (nSPS) is 23.9. The molecule has 8 nitrogen and oxygen atoms in total. The van der Waals surface area contributed by atoms with E-state index in [1.165, 1.54) is 17.0 Å². The predicted octanol–water partition coefficient (Wildman–Crippen LogP) is 5.77. The molecule has 0 bridgehead atoms. The number of pyridine rings is 1. The van der Waals surface area contributed by atoms with Gasteiger partial charge >= 0.3 is 12.3 Å². The summed E-state index contributed by atoms with van der Waals surface area (Å²) in [5.41, 5.74) is 2.17. The number of anilines is 1. The summed E-state index contributed by atoms with van der Waals surface area (Å²) in [4.78, 5) is 38.7. The Labute approximate surface area is 268 Å². The Hall–Kier alpha value is -3.25. The molecule has 1 aromatic heterocycles. The molecule has 3 atom stereocenters. The fraction of sp³-hybridized carbons (Fsp3) is 0.618. The van der Waals surface area contributed by atoms with Gasteiger partial charge in [0.1, 0.15) is 17.5 Å². The minimum Gasteiger partial charge on any atom is -0.444 e. The number of carbonyl (C=O) groups excluding carboxylic acids is 2. The van der Waals surface area contributed by atoms with Crippen molar-refractivity contribution in [2.45, 2.75) is 96.1 Å². The van der Waals surface area contributed by atoms with Crippen LogP contribution in [-0.2, 0) is 21.4 Å². The maximum Gasteiger partial charge on any atom is 0.410 e. The molecular weight excluding hydrogens is 602 g/mol. The summed E-state index contributed by atoms with van der Waals surface area (Å²) in [5, 5.41) is 0. The van der Waals surface area contributed by atoms with Crippen LogP contribution in [0.2, 0.25) is 0 Å². The predicted molar refractivity (Wildman–Crippen MR) is 167 cm³/mol. The van der Waals surface area contributed by atoms with Gasteiger partial charge in [-0.25, -0.2) is 9.18 Å². The first-order chi connectivity index (χ1) is 21.4. The van der Waals surface area contributed by atoms with E-state index in [-0.39, 0.29) is 43.8 Å². The third-order valence-corrected chi connectivity index (χ3v) is 9.14. The lowest BCUT2D eigenvalue weighted by molar-refractivity contribution is -0.178. The Morgan fingerprint density at radius 2 is 1.74 bits per heavy atom. The highest BCUT2D eigenvalue weighted by Gasteiger charge is 2.48. The molecule has 0 saturated carbocycles. The van der Waals surface area contributed by atoms with E-state index < -0.39 is 35.4 Å². The van der Waals surface area contributed by atoms with Gasteiger partial charge in [-0.15, -0.1) is 0 Å². The van der Waals surface area contributed by atoms with Gasteiger partial charge in [-0.3, -0.25) is 19.6 Å². The number of likely N-dealkylation sites (tertiary alicyclic amines) is 1. The van der Waals surface area contributed by atoms with Crippen molar-refractivity contribution in [2.75, 3.05) is 44.2 Å². The number of hydrogen-bond donors (Lipinski definition) is 0. The van der Waals surface area contributed by atoms with Crippen molar-refractivity contribution in [3.63, 3.8) is 0 Å². The van der Waals surface area contributed by atoms with Crippen LogP contribution in [0.5, 0.6) is 0 Å². The lowest BCUT2D eigenvalue weighted by Crippen LogP contribution is -2.64. The van der Waals surface area contributed by atoms with E-state index in [0.717, 1.165) is 16.8 Å². The van der Waals surface area contributed by atoms with Gasteiger partial charge in [0.25, 0.3) is 0 Å². The van der Waals surface area contributed by atoms with Crippen molar-refractivity contribution >= 4 is 17.7 Å².